The Balaban J connectivity index is 3.91. The van der Waals surface area contributed by atoms with Crippen LogP contribution in [-0.4, -0.2) is 43.9 Å². The highest BCUT2D eigenvalue weighted by molar-refractivity contribution is 5.75. The Morgan fingerprint density at radius 3 is 2.17 bits per heavy atom. The first-order valence-electron chi connectivity index (χ1n) is 6.11. The van der Waals surface area contributed by atoms with Crippen LogP contribution in [0.5, 0.6) is 0 Å². The number of urea groups is 1. The number of carboxylic acids is 1. The van der Waals surface area contributed by atoms with Crippen molar-refractivity contribution in [3.63, 3.8) is 0 Å². The van der Waals surface area contributed by atoms with E-state index in [0.29, 0.717) is 13.2 Å². The van der Waals surface area contributed by atoms with E-state index in [1.165, 1.54) is 0 Å². The van der Waals surface area contributed by atoms with Crippen LogP contribution in [0.4, 0.5) is 4.79 Å². The van der Waals surface area contributed by atoms with Gasteiger partial charge in [-0.15, -0.1) is 0 Å². The molecule has 0 aliphatic heterocycles. The predicted octanol–water partition coefficient (Wildman–Crippen LogP) is 0.925. The molecular weight excluding hydrogens is 236 g/mol. The average Bonchev–Trinajstić information content (AvgIpc) is 2.26. The molecule has 0 bridgehead atoms. The first-order chi connectivity index (χ1) is 8.38. The number of carboxylic acid groups (broad SMARTS) is 1. The maximum Gasteiger partial charge on any atom is 0.314 e. The van der Waals surface area contributed by atoms with E-state index in [1.54, 1.807) is 7.11 Å². The SMILES string of the molecule is COCC(C)CNC(=O)NCC(C(=O)O)C(C)C. The lowest BCUT2D eigenvalue weighted by atomic mass is 9.96. The molecule has 18 heavy (non-hydrogen) atoms. The van der Waals surface area contributed by atoms with Gasteiger partial charge in [-0.05, 0) is 11.8 Å². The number of carbonyl (C=O) groups is 2. The zero-order chi connectivity index (χ0) is 14.1. The second kappa shape index (κ2) is 8.74. The summed E-state index contributed by atoms with van der Waals surface area (Å²) >= 11 is 0. The van der Waals surface area contributed by atoms with E-state index in [9.17, 15) is 9.59 Å². The minimum Gasteiger partial charge on any atom is -0.481 e. The zero-order valence-corrected chi connectivity index (χ0v) is 11.5. The number of methoxy groups -OCH3 is 1. The Labute approximate surface area is 108 Å². The summed E-state index contributed by atoms with van der Waals surface area (Å²) < 4.78 is 4.95. The van der Waals surface area contributed by atoms with Gasteiger partial charge in [-0.2, -0.15) is 0 Å². The molecule has 2 amide bonds. The molecule has 6 heteroatoms. The highest BCUT2D eigenvalue weighted by atomic mass is 16.5. The third kappa shape index (κ3) is 7.11. The van der Waals surface area contributed by atoms with Gasteiger partial charge in [0.05, 0.1) is 12.5 Å². The molecule has 2 unspecified atom stereocenters. The fraction of sp³-hybridized carbons (Fsp3) is 0.833. The molecule has 0 aromatic rings. The monoisotopic (exact) mass is 260 g/mol. The van der Waals surface area contributed by atoms with Crippen LogP contribution < -0.4 is 10.6 Å². The maximum atomic E-state index is 11.4. The average molecular weight is 260 g/mol. The van der Waals surface area contributed by atoms with Crippen molar-refractivity contribution >= 4 is 12.0 Å². The Kier molecular flexibility index (Phi) is 8.11. The molecule has 3 N–H and O–H groups in total. The van der Waals surface area contributed by atoms with Crippen molar-refractivity contribution in [3.8, 4) is 0 Å². The molecule has 0 radical (unpaired) electrons. The molecule has 0 fully saturated rings. The molecule has 0 saturated carbocycles. The smallest absolute Gasteiger partial charge is 0.314 e. The van der Waals surface area contributed by atoms with Gasteiger partial charge in [0.2, 0.25) is 0 Å². The molecule has 0 rings (SSSR count). The zero-order valence-electron chi connectivity index (χ0n) is 11.5. The third-order valence-corrected chi connectivity index (χ3v) is 2.67. The van der Waals surface area contributed by atoms with Crippen molar-refractivity contribution in [2.45, 2.75) is 20.8 Å². The van der Waals surface area contributed by atoms with E-state index < -0.39 is 11.9 Å². The summed E-state index contributed by atoms with van der Waals surface area (Å²) in [5, 5.41) is 14.2. The molecule has 0 aliphatic carbocycles. The van der Waals surface area contributed by atoms with Crippen LogP contribution in [0.1, 0.15) is 20.8 Å². The molecule has 2 atom stereocenters. The minimum absolute atomic E-state index is 0.0183. The van der Waals surface area contributed by atoms with E-state index in [0.717, 1.165) is 0 Å². The van der Waals surface area contributed by atoms with Gasteiger partial charge >= 0.3 is 12.0 Å². The summed E-state index contributed by atoms with van der Waals surface area (Å²) in [4.78, 5) is 22.4. The van der Waals surface area contributed by atoms with E-state index in [-0.39, 0.29) is 24.4 Å². The van der Waals surface area contributed by atoms with Crippen LogP contribution in [0, 0.1) is 17.8 Å². The van der Waals surface area contributed by atoms with Crippen molar-refractivity contribution in [2.24, 2.45) is 17.8 Å². The van der Waals surface area contributed by atoms with Gasteiger partial charge in [0.15, 0.2) is 0 Å². The number of nitrogens with one attached hydrogen (secondary N) is 2. The molecule has 0 saturated heterocycles. The number of hydrogen-bond donors (Lipinski definition) is 3. The molecule has 0 aromatic heterocycles. The van der Waals surface area contributed by atoms with Crippen molar-refractivity contribution < 1.29 is 19.4 Å². The fourth-order valence-electron chi connectivity index (χ4n) is 1.48. The molecule has 0 spiro atoms. The first kappa shape index (κ1) is 16.7. The van der Waals surface area contributed by atoms with E-state index >= 15 is 0 Å². The molecule has 0 aliphatic rings. The van der Waals surface area contributed by atoms with Crippen LogP contribution in [0.2, 0.25) is 0 Å². The normalized spacial score (nSPS) is 14.1. The standard InChI is InChI=1S/C12H24N2O4/c1-8(2)10(11(15)16)6-14-12(17)13-5-9(3)7-18-4/h8-10H,5-7H2,1-4H3,(H,15,16)(H2,13,14,17). The summed E-state index contributed by atoms with van der Waals surface area (Å²) in [6, 6.07) is -0.343. The highest BCUT2D eigenvalue weighted by Crippen LogP contribution is 2.09. The summed E-state index contributed by atoms with van der Waals surface area (Å²) in [6.45, 7) is 6.80. The fourth-order valence-corrected chi connectivity index (χ4v) is 1.48. The summed E-state index contributed by atoms with van der Waals surface area (Å²) in [5.41, 5.74) is 0. The number of amides is 2. The molecular formula is C12H24N2O4. The second-order valence-electron chi connectivity index (χ2n) is 4.84. The summed E-state index contributed by atoms with van der Waals surface area (Å²) in [5.74, 6) is -1.25. The number of aliphatic carboxylic acids is 1. The van der Waals surface area contributed by atoms with Crippen LogP contribution in [0.25, 0.3) is 0 Å². The van der Waals surface area contributed by atoms with Gasteiger partial charge in [0.1, 0.15) is 0 Å². The predicted molar refractivity (Wildman–Crippen MR) is 68.4 cm³/mol. The van der Waals surface area contributed by atoms with E-state index in [4.69, 9.17) is 9.84 Å². The van der Waals surface area contributed by atoms with Crippen molar-refractivity contribution in [3.05, 3.63) is 0 Å². The van der Waals surface area contributed by atoms with Gasteiger partial charge in [-0.25, -0.2) is 4.79 Å². The quantitative estimate of drug-likeness (QED) is 0.605. The molecule has 0 aromatic carbocycles. The largest absolute Gasteiger partial charge is 0.481 e. The van der Waals surface area contributed by atoms with E-state index in [2.05, 4.69) is 10.6 Å². The molecule has 6 nitrogen and oxygen atoms in total. The number of carbonyl (C=O) groups excluding carboxylic acids is 1. The topological polar surface area (TPSA) is 87.7 Å². The Morgan fingerprint density at radius 2 is 1.72 bits per heavy atom. The molecule has 0 heterocycles. The Bertz CT molecular complexity index is 269. The van der Waals surface area contributed by atoms with Gasteiger partial charge in [0, 0.05) is 20.2 Å². The lowest BCUT2D eigenvalue weighted by Gasteiger charge is -2.17. The second-order valence-corrected chi connectivity index (χ2v) is 4.84. The Hall–Kier alpha value is -1.30. The summed E-state index contributed by atoms with van der Waals surface area (Å²) in [6.07, 6.45) is 0. The highest BCUT2D eigenvalue weighted by Gasteiger charge is 2.21. The van der Waals surface area contributed by atoms with Crippen molar-refractivity contribution in [2.75, 3.05) is 26.8 Å². The van der Waals surface area contributed by atoms with E-state index in [1.807, 2.05) is 20.8 Å². The third-order valence-electron chi connectivity index (χ3n) is 2.67. The number of ether oxygens (including phenoxy) is 1. The first-order valence-corrected chi connectivity index (χ1v) is 6.11. The number of hydrogen-bond acceptors (Lipinski definition) is 3. The van der Waals surface area contributed by atoms with Crippen LogP contribution >= 0.6 is 0 Å². The van der Waals surface area contributed by atoms with Gasteiger partial charge in [-0.3, -0.25) is 4.79 Å². The van der Waals surface area contributed by atoms with Crippen LogP contribution in [-0.2, 0) is 9.53 Å². The van der Waals surface area contributed by atoms with Gasteiger partial charge < -0.3 is 20.5 Å². The lowest BCUT2D eigenvalue weighted by Crippen LogP contribution is -2.42. The minimum atomic E-state index is -0.891. The van der Waals surface area contributed by atoms with Gasteiger partial charge in [0.25, 0.3) is 0 Å². The van der Waals surface area contributed by atoms with Crippen molar-refractivity contribution in [1.82, 2.24) is 10.6 Å². The Morgan fingerprint density at radius 1 is 1.17 bits per heavy atom. The van der Waals surface area contributed by atoms with Crippen molar-refractivity contribution in [1.29, 1.82) is 0 Å². The van der Waals surface area contributed by atoms with Gasteiger partial charge in [-0.1, -0.05) is 20.8 Å². The number of rotatable bonds is 8. The maximum absolute atomic E-state index is 11.4. The van der Waals surface area contributed by atoms with Crippen LogP contribution in [0.15, 0.2) is 0 Å². The van der Waals surface area contributed by atoms with Crippen LogP contribution in [0.3, 0.4) is 0 Å². The summed E-state index contributed by atoms with van der Waals surface area (Å²) in [7, 11) is 1.61. The molecule has 106 valence electrons. The lowest BCUT2D eigenvalue weighted by molar-refractivity contribution is -0.142.